The van der Waals surface area contributed by atoms with Gasteiger partial charge in [-0.15, -0.1) is 0 Å². The molecule has 0 aromatic carbocycles. The molecule has 0 bridgehead atoms. The number of nitrogens with zero attached hydrogens (tertiary/aromatic N) is 1. The van der Waals surface area contributed by atoms with Gasteiger partial charge in [-0.25, -0.2) is 0 Å². The van der Waals surface area contributed by atoms with Crippen LogP contribution < -0.4 is 0 Å². The highest BCUT2D eigenvalue weighted by molar-refractivity contribution is 5.50. The average molecular weight is 215 g/mol. The molecule has 0 aliphatic carbocycles. The Hall–Kier alpha value is -0.900. The number of hydrogen-bond acceptors (Lipinski definition) is 3. The quantitative estimate of drug-likeness (QED) is 0.433. The lowest BCUT2D eigenvalue weighted by atomic mass is 10.2. The van der Waals surface area contributed by atoms with Crippen LogP contribution in [0.4, 0.5) is 0 Å². The molecule has 0 fully saturated rings. The number of rotatable bonds is 9. The van der Waals surface area contributed by atoms with Gasteiger partial charge < -0.3 is 14.4 Å². The molecule has 1 atom stereocenters. The van der Waals surface area contributed by atoms with Crippen LogP contribution in [0.25, 0.3) is 0 Å². The molecule has 0 radical (unpaired) electrons. The first-order chi connectivity index (χ1) is 7.15. The molecule has 0 rings (SSSR count). The van der Waals surface area contributed by atoms with Gasteiger partial charge in [-0.3, -0.25) is 4.79 Å². The Balaban J connectivity index is 4.27. The van der Waals surface area contributed by atoms with Crippen molar-refractivity contribution in [2.75, 3.05) is 6.54 Å². The summed E-state index contributed by atoms with van der Waals surface area (Å²) in [6, 6.07) is 0. The predicted octanol–water partition coefficient (Wildman–Crippen LogP) is 1.58. The zero-order valence-electron chi connectivity index (χ0n) is 9.81. The zero-order chi connectivity index (χ0) is 11.7. The Bertz CT molecular complexity index is 183. The summed E-state index contributed by atoms with van der Waals surface area (Å²) in [4.78, 5) is 22.8. The van der Waals surface area contributed by atoms with E-state index in [9.17, 15) is 9.59 Å². The Kier molecular flexibility index (Phi) is 7.91. The summed E-state index contributed by atoms with van der Waals surface area (Å²) in [5, 5.41) is 0. The molecule has 0 N–H and O–H groups in total. The molecule has 0 aliphatic rings. The van der Waals surface area contributed by atoms with Crippen LogP contribution in [0, 0.1) is 0 Å². The molecule has 0 aliphatic heterocycles. The van der Waals surface area contributed by atoms with E-state index in [0.29, 0.717) is 19.4 Å². The highest BCUT2D eigenvalue weighted by Crippen LogP contribution is 2.09. The van der Waals surface area contributed by atoms with Gasteiger partial charge >= 0.3 is 0 Å². The van der Waals surface area contributed by atoms with E-state index in [1.54, 1.807) is 4.90 Å². The molecule has 0 heterocycles. The summed E-state index contributed by atoms with van der Waals surface area (Å²) in [5.74, 6) is 0. The summed E-state index contributed by atoms with van der Waals surface area (Å²) in [7, 11) is 0. The maximum atomic E-state index is 10.8. The lowest BCUT2D eigenvalue weighted by molar-refractivity contribution is -0.139. The van der Waals surface area contributed by atoms with Crippen LogP contribution in [0.2, 0.25) is 0 Å². The second kappa shape index (κ2) is 8.41. The molecular formula is C11H21NO3. The maximum absolute atomic E-state index is 10.8. The minimum Gasteiger partial charge on any atom is -0.356 e. The van der Waals surface area contributed by atoms with Crippen molar-refractivity contribution in [3.63, 3.8) is 0 Å². The third-order valence-electron chi connectivity index (χ3n) is 1.95. The maximum Gasteiger partial charge on any atom is 0.211 e. The normalized spacial score (nSPS) is 12.5. The highest BCUT2D eigenvalue weighted by atomic mass is 16.5. The standard InChI is InChI=1S/C11H21NO3/c1-4-7-12(9-14)11(6-5-8-13)15-10(2)3/h8-11H,4-7H2,1-3H3. The lowest BCUT2D eigenvalue weighted by Gasteiger charge is -2.29. The average Bonchev–Trinajstić information content (AvgIpc) is 2.20. The van der Waals surface area contributed by atoms with E-state index >= 15 is 0 Å². The molecule has 1 unspecified atom stereocenters. The number of ether oxygens (including phenoxy) is 1. The Morgan fingerprint density at radius 1 is 1.33 bits per heavy atom. The fourth-order valence-electron chi connectivity index (χ4n) is 1.36. The minimum atomic E-state index is -0.271. The van der Waals surface area contributed by atoms with Crippen LogP contribution in [0.5, 0.6) is 0 Å². The summed E-state index contributed by atoms with van der Waals surface area (Å²) < 4.78 is 5.59. The molecule has 0 saturated carbocycles. The van der Waals surface area contributed by atoms with Gasteiger partial charge in [0, 0.05) is 13.0 Å². The molecule has 4 heteroatoms. The monoisotopic (exact) mass is 215 g/mol. The van der Waals surface area contributed by atoms with Crippen molar-refractivity contribution >= 4 is 12.7 Å². The molecule has 4 nitrogen and oxygen atoms in total. The smallest absolute Gasteiger partial charge is 0.211 e. The van der Waals surface area contributed by atoms with Gasteiger partial charge in [-0.05, 0) is 26.7 Å². The first-order valence-electron chi connectivity index (χ1n) is 5.45. The first kappa shape index (κ1) is 14.1. The van der Waals surface area contributed by atoms with Gasteiger partial charge in [-0.2, -0.15) is 0 Å². The van der Waals surface area contributed by atoms with Gasteiger partial charge in [-0.1, -0.05) is 6.92 Å². The van der Waals surface area contributed by atoms with Crippen molar-refractivity contribution in [1.29, 1.82) is 0 Å². The van der Waals surface area contributed by atoms with E-state index in [-0.39, 0.29) is 12.3 Å². The minimum absolute atomic E-state index is 0.0564. The molecule has 0 spiro atoms. The summed E-state index contributed by atoms with van der Waals surface area (Å²) in [6.45, 7) is 6.51. The van der Waals surface area contributed by atoms with Crippen LogP contribution in [-0.4, -0.2) is 36.5 Å². The van der Waals surface area contributed by atoms with E-state index in [0.717, 1.165) is 19.1 Å². The van der Waals surface area contributed by atoms with E-state index < -0.39 is 0 Å². The fourth-order valence-corrected chi connectivity index (χ4v) is 1.36. The number of carbonyl (C=O) groups is 2. The Labute approximate surface area is 91.6 Å². The summed E-state index contributed by atoms with van der Waals surface area (Å²) in [5.41, 5.74) is 0. The molecular weight excluding hydrogens is 194 g/mol. The Morgan fingerprint density at radius 2 is 2.00 bits per heavy atom. The number of aldehydes is 1. The first-order valence-corrected chi connectivity index (χ1v) is 5.45. The molecule has 15 heavy (non-hydrogen) atoms. The fraction of sp³-hybridized carbons (Fsp3) is 0.818. The van der Waals surface area contributed by atoms with Crippen molar-refractivity contribution in [1.82, 2.24) is 4.90 Å². The largest absolute Gasteiger partial charge is 0.356 e. The van der Waals surface area contributed by atoms with Crippen LogP contribution in [0.1, 0.15) is 40.0 Å². The van der Waals surface area contributed by atoms with Gasteiger partial charge in [0.15, 0.2) is 0 Å². The zero-order valence-corrected chi connectivity index (χ0v) is 9.81. The summed E-state index contributed by atoms with van der Waals surface area (Å²) in [6.07, 6.45) is 3.31. The SMILES string of the molecule is CCCN(C=O)C(CCC=O)OC(C)C. The van der Waals surface area contributed by atoms with Crippen LogP contribution >= 0.6 is 0 Å². The van der Waals surface area contributed by atoms with E-state index in [4.69, 9.17) is 4.74 Å². The molecule has 0 aromatic rings. The molecule has 0 saturated heterocycles. The topological polar surface area (TPSA) is 46.6 Å². The van der Waals surface area contributed by atoms with Crippen molar-refractivity contribution in [2.24, 2.45) is 0 Å². The van der Waals surface area contributed by atoms with Gasteiger partial charge in [0.25, 0.3) is 0 Å². The number of hydrogen-bond donors (Lipinski definition) is 0. The number of amides is 1. The van der Waals surface area contributed by atoms with Crippen LogP contribution in [0.15, 0.2) is 0 Å². The summed E-state index contributed by atoms with van der Waals surface area (Å²) >= 11 is 0. The Morgan fingerprint density at radius 3 is 2.40 bits per heavy atom. The van der Waals surface area contributed by atoms with Gasteiger partial charge in [0.05, 0.1) is 6.10 Å². The van der Waals surface area contributed by atoms with Crippen LogP contribution in [0.3, 0.4) is 0 Å². The second-order valence-corrected chi connectivity index (χ2v) is 3.73. The van der Waals surface area contributed by atoms with Gasteiger partial charge in [0.1, 0.15) is 12.5 Å². The molecule has 88 valence electrons. The number of carbonyl (C=O) groups excluding carboxylic acids is 2. The van der Waals surface area contributed by atoms with Crippen molar-refractivity contribution in [3.8, 4) is 0 Å². The van der Waals surface area contributed by atoms with E-state index in [2.05, 4.69) is 0 Å². The highest BCUT2D eigenvalue weighted by Gasteiger charge is 2.17. The predicted molar refractivity (Wildman–Crippen MR) is 58.4 cm³/mol. The lowest BCUT2D eigenvalue weighted by Crippen LogP contribution is -2.38. The van der Waals surface area contributed by atoms with Crippen molar-refractivity contribution in [3.05, 3.63) is 0 Å². The molecule has 1 amide bonds. The third-order valence-corrected chi connectivity index (χ3v) is 1.95. The van der Waals surface area contributed by atoms with E-state index in [1.807, 2.05) is 20.8 Å². The van der Waals surface area contributed by atoms with E-state index in [1.165, 1.54) is 0 Å². The van der Waals surface area contributed by atoms with Crippen molar-refractivity contribution in [2.45, 2.75) is 52.4 Å². The molecule has 0 aromatic heterocycles. The van der Waals surface area contributed by atoms with Crippen LogP contribution in [-0.2, 0) is 14.3 Å². The van der Waals surface area contributed by atoms with Gasteiger partial charge in [0.2, 0.25) is 6.41 Å². The van der Waals surface area contributed by atoms with Crippen molar-refractivity contribution < 1.29 is 14.3 Å². The second-order valence-electron chi connectivity index (χ2n) is 3.73. The third kappa shape index (κ3) is 6.23.